The van der Waals surface area contributed by atoms with Crippen LogP contribution in [0.3, 0.4) is 0 Å². The van der Waals surface area contributed by atoms with Gasteiger partial charge in [0.25, 0.3) is 0 Å². The van der Waals surface area contributed by atoms with E-state index in [4.69, 9.17) is 4.74 Å². The van der Waals surface area contributed by atoms with Gasteiger partial charge in [0.05, 0.1) is 0 Å². The number of carbonyl (C=O) groups excluding carboxylic acids is 3. The Balaban J connectivity index is 1.50. The van der Waals surface area contributed by atoms with Gasteiger partial charge >= 0.3 is 5.97 Å². The summed E-state index contributed by atoms with van der Waals surface area (Å²) in [5.74, 6) is 3.09. The Bertz CT molecular complexity index is 786. The molecular weight excluding hydrogens is 412 g/mol. The van der Waals surface area contributed by atoms with Gasteiger partial charge in [-0.05, 0) is 91.8 Å². The molecule has 4 nitrogen and oxygen atoms in total. The topological polar surface area (TPSA) is 60.4 Å². The van der Waals surface area contributed by atoms with Crippen molar-refractivity contribution in [1.29, 1.82) is 0 Å². The monoisotopic (exact) mass is 458 g/mol. The summed E-state index contributed by atoms with van der Waals surface area (Å²) >= 11 is 0. The SMILES string of the molecule is CC(=O)O[C@H]1CC[C@@]2(C)[C@@H](CC[C@@H]3[C@@H]2CC[C@]2(C)[C@@H]([C@H](C)C(=O)CCC(C)C)C(=O)C[C@@H]32)C1. The highest BCUT2D eigenvalue weighted by atomic mass is 16.5. The molecular formula is C29H46O4. The third-order valence-electron chi connectivity index (χ3n) is 10.8. The van der Waals surface area contributed by atoms with Crippen molar-refractivity contribution in [3.05, 3.63) is 0 Å². The molecule has 4 aliphatic carbocycles. The van der Waals surface area contributed by atoms with Crippen LogP contribution in [0.2, 0.25) is 0 Å². The minimum Gasteiger partial charge on any atom is -0.463 e. The molecule has 0 aromatic carbocycles. The molecule has 4 saturated carbocycles. The van der Waals surface area contributed by atoms with Gasteiger partial charge in [0.2, 0.25) is 0 Å². The summed E-state index contributed by atoms with van der Waals surface area (Å²) in [6.45, 7) is 12.7. The molecule has 0 aliphatic heterocycles. The number of rotatable bonds is 6. The largest absolute Gasteiger partial charge is 0.463 e. The summed E-state index contributed by atoms with van der Waals surface area (Å²) in [5, 5.41) is 0. The highest BCUT2D eigenvalue weighted by Gasteiger charge is 2.63. The molecule has 0 aromatic heterocycles. The molecule has 4 fully saturated rings. The van der Waals surface area contributed by atoms with Gasteiger partial charge in [0.15, 0.2) is 0 Å². The fourth-order valence-corrected chi connectivity index (χ4v) is 9.08. The van der Waals surface area contributed by atoms with Gasteiger partial charge in [-0.3, -0.25) is 14.4 Å². The lowest BCUT2D eigenvalue weighted by molar-refractivity contribution is -0.160. The van der Waals surface area contributed by atoms with E-state index < -0.39 is 0 Å². The average molecular weight is 459 g/mol. The number of carbonyl (C=O) groups is 3. The van der Waals surface area contributed by atoms with E-state index in [1.54, 1.807) is 0 Å². The van der Waals surface area contributed by atoms with E-state index in [2.05, 4.69) is 27.7 Å². The fraction of sp³-hybridized carbons (Fsp3) is 0.897. The summed E-state index contributed by atoms with van der Waals surface area (Å²) in [4.78, 5) is 38.0. The summed E-state index contributed by atoms with van der Waals surface area (Å²) in [5.41, 5.74) is 0.268. The number of esters is 1. The van der Waals surface area contributed by atoms with E-state index in [9.17, 15) is 14.4 Å². The van der Waals surface area contributed by atoms with Crippen molar-refractivity contribution >= 4 is 17.5 Å². The number of ketones is 2. The van der Waals surface area contributed by atoms with E-state index in [1.165, 1.54) is 26.2 Å². The number of Topliss-reactive ketones (excluding diaryl/α,β-unsaturated/α-hetero) is 2. The van der Waals surface area contributed by atoms with Crippen molar-refractivity contribution in [1.82, 2.24) is 0 Å². The van der Waals surface area contributed by atoms with Crippen molar-refractivity contribution in [2.75, 3.05) is 0 Å². The van der Waals surface area contributed by atoms with E-state index in [-0.39, 0.29) is 29.3 Å². The molecule has 0 bridgehead atoms. The first-order valence-corrected chi connectivity index (χ1v) is 13.7. The Labute approximate surface area is 201 Å². The zero-order valence-corrected chi connectivity index (χ0v) is 21.8. The lowest BCUT2D eigenvalue weighted by Crippen LogP contribution is -2.54. The minimum atomic E-state index is -0.154. The van der Waals surface area contributed by atoms with E-state index in [0.717, 1.165) is 32.1 Å². The van der Waals surface area contributed by atoms with Gasteiger partial charge in [-0.25, -0.2) is 0 Å². The Hall–Kier alpha value is -1.19. The smallest absolute Gasteiger partial charge is 0.302 e. The molecule has 0 amide bonds. The van der Waals surface area contributed by atoms with Gasteiger partial charge in [-0.1, -0.05) is 34.6 Å². The second-order valence-electron chi connectivity index (χ2n) is 13.0. The Morgan fingerprint density at radius 1 is 1.00 bits per heavy atom. The van der Waals surface area contributed by atoms with Crippen LogP contribution >= 0.6 is 0 Å². The maximum Gasteiger partial charge on any atom is 0.302 e. The Morgan fingerprint density at radius 3 is 2.36 bits per heavy atom. The molecule has 186 valence electrons. The quantitative estimate of drug-likeness (QED) is 0.432. The third kappa shape index (κ3) is 4.33. The van der Waals surface area contributed by atoms with E-state index >= 15 is 0 Å². The van der Waals surface area contributed by atoms with Crippen molar-refractivity contribution in [2.45, 2.75) is 112 Å². The molecule has 0 unspecified atom stereocenters. The van der Waals surface area contributed by atoms with Crippen molar-refractivity contribution in [3.63, 3.8) is 0 Å². The van der Waals surface area contributed by atoms with Gasteiger partial charge in [0.1, 0.15) is 17.7 Å². The van der Waals surface area contributed by atoms with Crippen LogP contribution in [0.25, 0.3) is 0 Å². The van der Waals surface area contributed by atoms with Crippen LogP contribution in [-0.4, -0.2) is 23.6 Å². The molecule has 0 radical (unpaired) electrons. The minimum absolute atomic E-state index is 0.0245. The zero-order valence-electron chi connectivity index (χ0n) is 21.8. The Kier molecular flexibility index (Phi) is 6.88. The maximum absolute atomic E-state index is 13.4. The molecule has 4 heteroatoms. The van der Waals surface area contributed by atoms with Crippen LogP contribution < -0.4 is 0 Å². The van der Waals surface area contributed by atoms with Gasteiger partial charge in [-0.2, -0.15) is 0 Å². The van der Waals surface area contributed by atoms with E-state index in [1.807, 2.05) is 6.92 Å². The predicted octanol–water partition coefficient (Wildman–Crippen LogP) is 6.40. The molecule has 0 spiro atoms. The average Bonchev–Trinajstić information content (AvgIpc) is 3.01. The number of hydrogen-bond donors (Lipinski definition) is 0. The number of ether oxygens (including phenoxy) is 1. The van der Waals surface area contributed by atoms with Crippen LogP contribution in [0.5, 0.6) is 0 Å². The second kappa shape index (κ2) is 9.11. The second-order valence-corrected chi connectivity index (χ2v) is 13.0. The van der Waals surface area contributed by atoms with Crippen LogP contribution in [0.1, 0.15) is 106 Å². The Morgan fingerprint density at radius 2 is 1.70 bits per heavy atom. The summed E-state index contributed by atoms with van der Waals surface area (Å²) in [6.07, 6.45) is 10.0. The van der Waals surface area contributed by atoms with Crippen LogP contribution in [0, 0.1) is 52.3 Å². The lowest BCUT2D eigenvalue weighted by Gasteiger charge is -2.61. The third-order valence-corrected chi connectivity index (χ3v) is 10.8. The molecule has 0 N–H and O–H groups in total. The first-order valence-electron chi connectivity index (χ1n) is 13.7. The standard InChI is InChI=1S/C29H46O4/c1-17(2)7-10-25(31)18(3)27-26(32)16-24-22-9-8-20-15-21(33-19(4)30)11-13-28(20,5)23(22)12-14-29(24,27)6/h17-18,20-24,27H,7-16H2,1-6H3/t18-,20+,21+,22-,23+,24+,27+,28+,29+/m1/s1. The summed E-state index contributed by atoms with van der Waals surface area (Å²) in [7, 11) is 0. The van der Waals surface area contributed by atoms with E-state index in [0.29, 0.717) is 59.4 Å². The van der Waals surface area contributed by atoms with Crippen LogP contribution in [0.4, 0.5) is 0 Å². The number of hydrogen-bond acceptors (Lipinski definition) is 4. The molecule has 4 rings (SSSR count). The van der Waals surface area contributed by atoms with Gasteiger partial charge < -0.3 is 4.74 Å². The predicted molar refractivity (Wildman–Crippen MR) is 129 cm³/mol. The zero-order chi connectivity index (χ0) is 24.1. The molecule has 4 aliphatic rings. The normalized spacial score (nSPS) is 43.4. The van der Waals surface area contributed by atoms with Crippen LogP contribution in [0.15, 0.2) is 0 Å². The summed E-state index contributed by atoms with van der Waals surface area (Å²) < 4.78 is 5.60. The number of fused-ring (bicyclic) bond motifs is 5. The van der Waals surface area contributed by atoms with Gasteiger partial charge in [0, 0.05) is 31.6 Å². The first kappa shape index (κ1) is 24.9. The first-order chi connectivity index (χ1) is 15.5. The molecule has 0 heterocycles. The van der Waals surface area contributed by atoms with Crippen molar-refractivity contribution < 1.29 is 19.1 Å². The summed E-state index contributed by atoms with van der Waals surface area (Å²) in [6, 6.07) is 0. The molecule has 0 aromatic rings. The highest BCUT2D eigenvalue weighted by Crippen LogP contribution is 2.67. The maximum atomic E-state index is 13.4. The van der Waals surface area contributed by atoms with Crippen LogP contribution in [-0.2, 0) is 19.1 Å². The van der Waals surface area contributed by atoms with Gasteiger partial charge in [-0.15, -0.1) is 0 Å². The molecule has 33 heavy (non-hydrogen) atoms. The highest BCUT2D eigenvalue weighted by molar-refractivity contribution is 5.92. The fourth-order valence-electron chi connectivity index (χ4n) is 9.08. The molecule has 0 saturated heterocycles. The molecule has 9 atom stereocenters. The van der Waals surface area contributed by atoms with Crippen molar-refractivity contribution in [2.24, 2.45) is 52.3 Å². The lowest BCUT2D eigenvalue weighted by atomic mass is 9.44. The van der Waals surface area contributed by atoms with Crippen molar-refractivity contribution in [3.8, 4) is 0 Å².